The van der Waals surface area contributed by atoms with Crippen LogP contribution < -0.4 is 15.4 Å². The third kappa shape index (κ3) is 4.96. The van der Waals surface area contributed by atoms with E-state index in [4.69, 9.17) is 9.72 Å². The molecular weight excluding hydrogens is 433 g/mol. The standard InChI is InChI=1S/C26H24FN5O2/c1-2-34-25-23-22(31-26(32-25)28-15-16-3-9-19(27)10-4-16)14-13-21(30-23)17-5-7-18(8-6-17)24(33)29-20-11-12-20/h3-10,13-14,20H,2,11-12,15H2,1H3,(H,29,33)(H,28,31,32). The van der Waals surface area contributed by atoms with Gasteiger partial charge in [0.15, 0.2) is 5.52 Å². The Kier molecular flexibility index (Phi) is 6.03. The molecule has 0 aliphatic heterocycles. The summed E-state index contributed by atoms with van der Waals surface area (Å²) in [6.07, 6.45) is 2.11. The highest BCUT2D eigenvalue weighted by atomic mass is 19.1. The molecule has 34 heavy (non-hydrogen) atoms. The van der Waals surface area contributed by atoms with Gasteiger partial charge in [0, 0.05) is 23.7 Å². The highest BCUT2D eigenvalue weighted by Gasteiger charge is 2.23. The number of hydrogen-bond acceptors (Lipinski definition) is 6. The fraction of sp³-hybridized carbons (Fsp3) is 0.231. The first kappa shape index (κ1) is 21.8. The zero-order valence-electron chi connectivity index (χ0n) is 18.7. The predicted molar refractivity (Wildman–Crippen MR) is 128 cm³/mol. The van der Waals surface area contributed by atoms with Crippen molar-refractivity contribution in [3.05, 3.63) is 77.6 Å². The summed E-state index contributed by atoms with van der Waals surface area (Å²) in [5.74, 6) is 0.466. The van der Waals surface area contributed by atoms with E-state index in [1.165, 1.54) is 12.1 Å². The Balaban J connectivity index is 1.39. The van der Waals surface area contributed by atoms with Crippen molar-refractivity contribution >= 4 is 22.9 Å². The van der Waals surface area contributed by atoms with Crippen molar-refractivity contribution in [3.8, 4) is 17.1 Å². The van der Waals surface area contributed by atoms with Crippen LogP contribution in [0, 0.1) is 5.82 Å². The summed E-state index contributed by atoms with van der Waals surface area (Å²) in [5.41, 5.74) is 4.35. The Labute approximate surface area is 196 Å². The Bertz CT molecular complexity index is 1320. The van der Waals surface area contributed by atoms with Crippen molar-refractivity contribution in [3.63, 3.8) is 0 Å². The van der Waals surface area contributed by atoms with Gasteiger partial charge in [-0.05, 0) is 61.7 Å². The molecule has 2 aromatic heterocycles. The van der Waals surface area contributed by atoms with Gasteiger partial charge < -0.3 is 15.4 Å². The summed E-state index contributed by atoms with van der Waals surface area (Å²) in [6, 6.07) is 17.7. The molecule has 1 amide bonds. The number of amides is 1. The average molecular weight is 458 g/mol. The molecule has 4 aromatic rings. The number of nitrogens with zero attached hydrogens (tertiary/aromatic N) is 3. The van der Waals surface area contributed by atoms with Gasteiger partial charge in [-0.3, -0.25) is 4.79 Å². The van der Waals surface area contributed by atoms with Gasteiger partial charge in [0.2, 0.25) is 11.8 Å². The van der Waals surface area contributed by atoms with Gasteiger partial charge in [0.25, 0.3) is 5.91 Å². The van der Waals surface area contributed by atoms with E-state index < -0.39 is 0 Å². The predicted octanol–water partition coefficient (Wildman–Crippen LogP) is 4.73. The first-order chi connectivity index (χ1) is 16.6. The zero-order valence-corrected chi connectivity index (χ0v) is 18.7. The second-order valence-corrected chi connectivity index (χ2v) is 8.15. The first-order valence-corrected chi connectivity index (χ1v) is 11.3. The SMILES string of the molecule is CCOc1nc(NCc2ccc(F)cc2)nc2ccc(-c3ccc(C(=O)NC4CC4)cc3)nc12. The number of anilines is 1. The number of carbonyl (C=O) groups excluding carboxylic acids is 1. The van der Waals surface area contributed by atoms with Crippen LogP contribution in [0.15, 0.2) is 60.7 Å². The minimum Gasteiger partial charge on any atom is -0.476 e. The molecule has 2 aromatic carbocycles. The van der Waals surface area contributed by atoms with Crippen LogP contribution in [0.25, 0.3) is 22.3 Å². The van der Waals surface area contributed by atoms with Crippen LogP contribution in [-0.2, 0) is 6.54 Å². The van der Waals surface area contributed by atoms with Gasteiger partial charge in [-0.25, -0.2) is 14.4 Å². The molecule has 0 atom stereocenters. The molecule has 8 heteroatoms. The lowest BCUT2D eigenvalue weighted by Crippen LogP contribution is -2.25. The van der Waals surface area contributed by atoms with E-state index in [-0.39, 0.29) is 11.7 Å². The molecule has 0 unspecified atom stereocenters. The third-order valence-electron chi connectivity index (χ3n) is 5.51. The largest absolute Gasteiger partial charge is 0.476 e. The molecule has 0 radical (unpaired) electrons. The van der Waals surface area contributed by atoms with E-state index in [1.54, 1.807) is 24.3 Å². The monoisotopic (exact) mass is 457 g/mol. The summed E-state index contributed by atoms with van der Waals surface area (Å²) in [6.45, 7) is 2.76. The number of nitrogens with one attached hydrogen (secondary N) is 2. The topological polar surface area (TPSA) is 89.0 Å². The number of halogens is 1. The van der Waals surface area contributed by atoms with Crippen LogP contribution >= 0.6 is 0 Å². The lowest BCUT2D eigenvalue weighted by molar-refractivity contribution is 0.0951. The second-order valence-electron chi connectivity index (χ2n) is 8.15. The van der Waals surface area contributed by atoms with Crippen molar-refractivity contribution in [2.24, 2.45) is 0 Å². The molecule has 1 fully saturated rings. The van der Waals surface area contributed by atoms with Gasteiger partial charge in [-0.2, -0.15) is 4.98 Å². The van der Waals surface area contributed by atoms with Crippen LogP contribution in [0.5, 0.6) is 5.88 Å². The van der Waals surface area contributed by atoms with Gasteiger partial charge in [-0.1, -0.05) is 24.3 Å². The lowest BCUT2D eigenvalue weighted by atomic mass is 10.1. The Morgan fingerprint density at radius 3 is 2.47 bits per heavy atom. The second kappa shape index (κ2) is 9.43. The maximum atomic E-state index is 13.1. The van der Waals surface area contributed by atoms with Gasteiger partial charge >= 0.3 is 0 Å². The van der Waals surface area contributed by atoms with Crippen molar-refractivity contribution in [1.82, 2.24) is 20.3 Å². The minimum absolute atomic E-state index is 0.0479. The molecule has 0 spiro atoms. The zero-order chi connectivity index (χ0) is 23.5. The fourth-order valence-electron chi connectivity index (χ4n) is 3.54. The highest BCUT2D eigenvalue weighted by molar-refractivity contribution is 5.95. The summed E-state index contributed by atoms with van der Waals surface area (Å²) in [4.78, 5) is 26.0. The molecule has 1 aliphatic rings. The number of benzene rings is 2. The average Bonchev–Trinajstić information content (AvgIpc) is 3.68. The Morgan fingerprint density at radius 2 is 1.76 bits per heavy atom. The maximum Gasteiger partial charge on any atom is 0.251 e. The molecule has 7 nitrogen and oxygen atoms in total. The van der Waals surface area contributed by atoms with Crippen LogP contribution in [0.1, 0.15) is 35.7 Å². The van der Waals surface area contributed by atoms with E-state index >= 15 is 0 Å². The summed E-state index contributed by atoms with van der Waals surface area (Å²) in [7, 11) is 0. The normalized spacial score (nSPS) is 13.0. The van der Waals surface area contributed by atoms with E-state index in [1.807, 2.05) is 31.2 Å². The number of rotatable bonds is 8. The Hall–Kier alpha value is -4.07. The van der Waals surface area contributed by atoms with Gasteiger partial charge in [0.1, 0.15) is 5.82 Å². The molecule has 172 valence electrons. The number of hydrogen-bond donors (Lipinski definition) is 2. The molecule has 0 saturated heterocycles. The maximum absolute atomic E-state index is 13.1. The number of ether oxygens (including phenoxy) is 1. The quantitative estimate of drug-likeness (QED) is 0.398. The summed E-state index contributed by atoms with van der Waals surface area (Å²) >= 11 is 0. The molecular formula is C26H24FN5O2. The molecule has 0 bridgehead atoms. The van der Waals surface area contributed by atoms with E-state index in [2.05, 4.69) is 20.6 Å². The number of pyridine rings is 1. The van der Waals surface area contributed by atoms with Crippen molar-refractivity contribution in [1.29, 1.82) is 0 Å². The van der Waals surface area contributed by atoms with E-state index in [0.717, 1.165) is 29.7 Å². The molecule has 5 rings (SSSR count). The smallest absolute Gasteiger partial charge is 0.251 e. The van der Waals surface area contributed by atoms with Crippen molar-refractivity contribution in [2.45, 2.75) is 32.4 Å². The molecule has 2 N–H and O–H groups in total. The van der Waals surface area contributed by atoms with Gasteiger partial charge in [-0.15, -0.1) is 0 Å². The van der Waals surface area contributed by atoms with E-state index in [0.29, 0.717) is 47.6 Å². The van der Waals surface area contributed by atoms with E-state index in [9.17, 15) is 9.18 Å². The Morgan fingerprint density at radius 1 is 1.00 bits per heavy atom. The lowest BCUT2D eigenvalue weighted by Gasteiger charge is -2.11. The van der Waals surface area contributed by atoms with Gasteiger partial charge in [0.05, 0.1) is 17.8 Å². The van der Waals surface area contributed by atoms with Crippen molar-refractivity contribution in [2.75, 3.05) is 11.9 Å². The molecule has 1 aliphatic carbocycles. The number of carbonyl (C=O) groups is 1. The summed E-state index contributed by atoms with van der Waals surface area (Å²) in [5, 5.41) is 6.16. The van der Waals surface area contributed by atoms with Crippen LogP contribution in [0.3, 0.4) is 0 Å². The first-order valence-electron chi connectivity index (χ1n) is 11.3. The number of fused-ring (bicyclic) bond motifs is 1. The van der Waals surface area contributed by atoms with Crippen LogP contribution in [0.2, 0.25) is 0 Å². The summed E-state index contributed by atoms with van der Waals surface area (Å²) < 4.78 is 18.9. The highest BCUT2D eigenvalue weighted by Crippen LogP contribution is 2.27. The fourth-order valence-corrected chi connectivity index (χ4v) is 3.54. The molecule has 1 saturated carbocycles. The third-order valence-corrected chi connectivity index (χ3v) is 5.51. The van der Waals surface area contributed by atoms with Crippen LogP contribution in [0.4, 0.5) is 10.3 Å². The minimum atomic E-state index is -0.276. The van der Waals surface area contributed by atoms with Crippen molar-refractivity contribution < 1.29 is 13.9 Å². The number of aromatic nitrogens is 3. The molecule has 2 heterocycles. The van der Waals surface area contributed by atoms with Crippen LogP contribution in [-0.4, -0.2) is 33.5 Å².